The Balaban J connectivity index is 3.35. The second-order valence-electron chi connectivity index (χ2n) is 3.06. The summed E-state index contributed by atoms with van der Waals surface area (Å²) in [7, 11) is 2.92. The van der Waals surface area contributed by atoms with Gasteiger partial charge < -0.3 is 14.8 Å². The lowest BCUT2D eigenvalue weighted by molar-refractivity contribution is -0.114. The average Bonchev–Trinajstić information content (AvgIpc) is 2.27. The fourth-order valence-corrected chi connectivity index (χ4v) is 1.35. The second-order valence-corrected chi connectivity index (χ2v) is 3.06. The lowest BCUT2D eigenvalue weighted by Crippen LogP contribution is -2.10. The van der Waals surface area contributed by atoms with Crippen LogP contribution in [-0.4, -0.2) is 26.4 Å². The maximum Gasteiger partial charge on any atom is 0.221 e. The first-order chi connectivity index (χ1) is 7.63. The van der Waals surface area contributed by atoms with E-state index in [0.29, 0.717) is 29.0 Å². The van der Waals surface area contributed by atoms with Crippen LogP contribution in [0.2, 0.25) is 0 Å². The van der Waals surface area contributed by atoms with Crippen molar-refractivity contribution >= 4 is 17.9 Å². The molecule has 0 bridgehead atoms. The van der Waals surface area contributed by atoms with Gasteiger partial charge in [0.2, 0.25) is 5.91 Å². The van der Waals surface area contributed by atoms with Crippen molar-refractivity contribution in [3.8, 4) is 11.5 Å². The minimum Gasteiger partial charge on any atom is -0.493 e. The van der Waals surface area contributed by atoms with E-state index in [1.54, 1.807) is 12.1 Å². The molecule has 16 heavy (non-hydrogen) atoms. The highest BCUT2D eigenvalue weighted by Gasteiger charge is 2.15. The Morgan fingerprint density at radius 1 is 1.31 bits per heavy atom. The van der Waals surface area contributed by atoms with Crippen LogP contribution in [0.25, 0.3) is 0 Å². The predicted molar refractivity (Wildman–Crippen MR) is 59.2 cm³/mol. The molecule has 1 rings (SSSR count). The molecule has 0 aliphatic heterocycles. The SMILES string of the molecule is COc1ccc(C=O)c(NC(C)=O)c1OC. The topological polar surface area (TPSA) is 64.6 Å². The minimum atomic E-state index is -0.283. The molecule has 86 valence electrons. The number of anilines is 1. The van der Waals surface area contributed by atoms with Crippen molar-refractivity contribution < 1.29 is 19.1 Å². The molecule has 5 heteroatoms. The molecular formula is C11H13NO4. The molecule has 0 unspecified atom stereocenters. The van der Waals surface area contributed by atoms with Crippen LogP contribution in [0.4, 0.5) is 5.69 Å². The number of methoxy groups -OCH3 is 2. The van der Waals surface area contributed by atoms with E-state index in [2.05, 4.69) is 5.32 Å². The standard InChI is InChI=1S/C11H13NO4/c1-7(14)12-10-8(6-13)4-5-9(15-2)11(10)16-3/h4-6H,1-3H3,(H,12,14). The van der Waals surface area contributed by atoms with Gasteiger partial charge in [0.15, 0.2) is 17.8 Å². The number of benzene rings is 1. The Bertz CT molecular complexity index is 415. The van der Waals surface area contributed by atoms with E-state index >= 15 is 0 Å². The summed E-state index contributed by atoms with van der Waals surface area (Å²) in [6.07, 6.45) is 0.646. The van der Waals surface area contributed by atoms with Crippen LogP contribution in [0.5, 0.6) is 11.5 Å². The molecule has 0 fully saturated rings. The Morgan fingerprint density at radius 3 is 2.44 bits per heavy atom. The first-order valence-corrected chi connectivity index (χ1v) is 4.61. The normalized spacial score (nSPS) is 9.44. The van der Waals surface area contributed by atoms with Gasteiger partial charge >= 0.3 is 0 Å². The monoisotopic (exact) mass is 223 g/mol. The van der Waals surface area contributed by atoms with E-state index in [0.717, 1.165) is 0 Å². The molecule has 0 radical (unpaired) electrons. The molecule has 0 saturated carbocycles. The molecular weight excluding hydrogens is 210 g/mol. The fraction of sp³-hybridized carbons (Fsp3) is 0.273. The van der Waals surface area contributed by atoms with Gasteiger partial charge in [-0.25, -0.2) is 0 Å². The van der Waals surface area contributed by atoms with E-state index in [1.165, 1.54) is 21.1 Å². The number of ether oxygens (including phenoxy) is 2. The summed E-state index contributed by atoms with van der Waals surface area (Å²) in [4.78, 5) is 21.9. The zero-order valence-electron chi connectivity index (χ0n) is 9.37. The third kappa shape index (κ3) is 2.31. The van der Waals surface area contributed by atoms with Crippen LogP contribution in [0, 0.1) is 0 Å². The number of rotatable bonds is 4. The zero-order valence-corrected chi connectivity index (χ0v) is 9.37. The van der Waals surface area contributed by atoms with Gasteiger partial charge in [-0.05, 0) is 12.1 Å². The van der Waals surface area contributed by atoms with Gasteiger partial charge in [-0.1, -0.05) is 0 Å². The number of aldehydes is 1. The summed E-state index contributed by atoms with van der Waals surface area (Å²) >= 11 is 0. The number of nitrogens with one attached hydrogen (secondary N) is 1. The van der Waals surface area contributed by atoms with Crippen molar-refractivity contribution in [2.45, 2.75) is 6.92 Å². The molecule has 1 aromatic rings. The first kappa shape index (κ1) is 12.0. The maximum atomic E-state index is 11.0. The van der Waals surface area contributed by atoms with Crippen molar-refractivity contribution in [2.75, 3.05) is 19.5 Å². The van der Waals surface area contributed by atoms with Gasteiger partial charge in [-0.15, -0.1) is 0 Å². The van der Waals surface area contributed by atoms with E-state index < -0.39 is 0 Å². The number of carbonyl (C=O) groups is 2. The molecule has 0 aromatic heterocycles. The van der Waals surface area contributed by atoms with Crippen molar-refractivity contribution in [1.29, 1.82) is 0 Å². The van der Waals surface area contributed by atoms with Crippen LogP contribution >= 0.6 is 0 Å². The van der Waals surface area contributed by atoms with Crippen LogP contribution in [-0.2, 0) is 4.79 Å². The van der Waals surface area contributed by atoms with Crippen LogP contribution < -0.4 is 14.8 Å². The zero-order chi connectivity index (χ0) is 12.1. The summed E-state index contributed by atoms with van der Waals surface area (Å²) < 4.78 is 10.2. The highest BCUT2D eigenvalue weighted by molar-refractivity contribution is 5.98. The van der Waals surface area contributed by atoms with E-state index in [9.17, 15) is 9.59 Å². The summed E-state index contributed by atoms with van der Waals surface area (Å²) in [5.74, 6) is 0.508. The van der Waals surface area contributed by atoms with Gasteiger partial charge in [0.05, 0.1) is 19.9 Å². The maximum absolute atomic E-state index is 11.0. The second kappa shape index (κ2) is 5.16. The number of carbonyl (C=O) groups excluding carboxylic acids is 2. The molecule has 1 aromatic carbocycles. The van der Waals surface area contributed by atoms with Crippen molar-refractivity contribution in [1.82, 2.24) is 0 Å². The largest absolute Gasteiger partial charge is 0.493 e. The van der Waals surface area contributed by atoms with Gasteiger partial charge in [-0.3, -0.25) is 9.59 Å². The van der Waals surface area contributed by atoms with Gasteiger partial charge in [0, 0.05) is 12.5 Å². The Kier molecular flexibility index (Phi) is 3.88. The highest BCUT2D eigenvalue weighted by Crippen LogP contribution is 2.37. The smallest absolute Gasteiger partial charge is 0.221 e. The molecule has 0 spiro atoms. The van der Waals surface area contributed by atoms with Gasteiger partial charge in [0.25, 0.3) is 0 Å². The van der Waals surface area contributed by atoms with Crippen LogP contribution in [0.1, 0.15) is 17.3 Å². The quantitative estimate of drug-likeness (QED) is 0.785. The Morgan fingerprint density at radius 2 is 2.00 bits per heavy atom. The third-order valence-electron chi connectivity index (χ3n) is 2.01. The molecule has 0 aliphatic carbocycles. The number of hydrogen-bond donors (Lipinski definition) is 1. The van der Waals surface area contributed by atoms with Crippen LogP contribution in [0.15, 0.2) is 12.1 Å². The summed E-state index contributed by atoms with van der Waals surface area (Å²) in [5.41, 5.74) is 0.664. The lowest BCUT2D eigenvalue weighted by atomic mass is 10.1. The van der Waals surface area contributed by atoms with Crippen molar-refractivity contribution in [3.63, 3.8) is 0 Å². The summed E-state index contributed by atoms with van der Waals surface area (Å²) in [6, 6.07) is 3.16. The molecule has 5 nitrogen and oxygen atoms in total. The lowest BCUT2D eigenvalue weighted by Gasteiger charge is -2.14. The number of amides is 1. The third-order valence-corrected chi connectivity index (χ3v) is 2.01. The molecule has 0 heterocycles. The summed E-state index contributed by atoms with van der Waals surface area (Å²) in [6.45, 7) is 1.35. The minimum absolute atomic E-state index is 0.283. The molecule has 0 saturated heterocycles. The fourth-order valence-electron chi connectivity index (χ4n) is 1.35. The van der Waals surface area contributed by atoms with Crippen molar-refractivity contribution in [3.05, 3.63) is 17.7 Å². The van der Waals surface area contributed by atoms with Crippen molar-refractivity contribution in [2.24, 2.45) is 0 Å². The van der Waals surface area contributed by atoms with E-state index in [1.807, 2.05) is 0 Å². The molecule has 1 N–H and O–H groups in total. The van der Waals surface area contributed by atoms with E-state index in [4.69, 9.17) is 9.47 Å². The highest BCUT2D eigenvalue weighted by atomic mass is 16.5. The van der Waals surface area contributed by atoms with Crippen LogP contribution in [0.3, 0.4) is 0 Å². The Labute approximate surface area is 93.4 Å². The number of hydrogen-bond acceptors (Lipinski definition) is 4. The average molecular weight is 223 g/mol. The van der Waals surface area contributed by atoms with Gasteiger partial charge in [0.1, 0.15) is 0 Å². The summed E-state index contributed by atoms with van der Waals surface area (Å²) in [5, 5.41) is 2.54. The molecule has 1 amide bonds. The predicted octanol–water partition coefficient (Wildman–Crippen LogP) is 1.47. The molecule has 0 atom stereocenters. The van der Waals surface area contributed by atoms with E-state index in [-0.39, 0.29) is 5.91 Å². The first-order valence-electron chi connectivity index (χ1n) is 4.61. The Hall–Kier alpha value is -2.04. The molecule has 0 aliphatic rings. The van der Waals surface area contributed by atoms with Gasteiger partial charge in [-0.2, -0.15) is 0 Å².